The number of benzene rings is 3. The van der Waals surface area contributed by atoms with Gasteiger partial charge in [0.2, 0.25) is 5.91 Å². The van der Waals surface area contributed by atoms with Crippen molar-refractivity contribution in [2.24, 2.45) is 5.73 Å². The third-order valence-corrected chi connectivity index (χ3v) is 11.2. The molecule has 0 radical (unpaired) electrons. The fraction of sp³-hybridized carbons (Fsp3) is 0.386. The minimum atomic E-state index is -0.941. The van der Waals surface area contributed by atoms with Crippen molar-refractivity contribution in [1.82, 2.24) is 34.6 Å². The number of carbonyl (C=O) groups is 3. The maximum atomic E-state index is 14.2. The van der Waals surface area contributed by atoms with E-state index < -0.39 is 12.2 Å². The molecule has 56 heavy (non-hydrogen) atoms. The molecule has 0 unspecified atom stereocenters. The van der Waals surface area contributed by atoms with Crippen molar-refractivity contribution in [3.8, 4) is 33.6 Å². The number of aromatic nitrogens is 4. The number of primary amides is 1. The lowest BCUT2D eigenvalue weighted by Gasteiger charge is -2.34. The van der Waals surface area contributed by atoms with Crippen LogP contribution in [-0.2, 0) is 14.3 Å². The first-order valence-electron chi connectivity index (χ1n) is 20.0. The van der Waals surface area contributed by atoms with Crippen LogP contribution in [0.3, 0.4) is 0 Å². The zero-order valence-corrected chi connectivity index (χ0v) is 32.5. The Hall–Kier alpha value is -5.75. The van der Waals surface area contributed by atoms with E-state index in [1.807, 2.05) is 36.2 Å². The van der Waals surface area contributed by atoms with Crippen LogP contribution in [0.5, 0.6) is 0 Å². The number of hydrogen-bond donors (Lipinski definition) is 3. The first-order valence-corrected chi connectivity index (χ1v) is 20.0. The van der Waals surface area contributed by atoms with E-state index in [-0.39, 0.29) is 29.9 Å². The molecule has 2 aliphatic rings. The Bertz CT molecular complexity index is 2090. The molecule has 0 saturated carbocycles. The lowest BCUT2D eigenvalue weighted by Crippen LogP contribution is -2.43. The van der Waals surface area contributed by atoms with Gasteiger partial charge in [-0.15, -0.1) is 0 Å². The van der Waals surface area contributed by atoms with Gasteiger partial charge >= 0.3 is 6.09 Å². The highest BCUT2D eigenvalue weighted by atomic mass is 16.6. The van der Waals surface area contributed by atoms with E-state index in [2.05, 4.69) is 94.4 Å². The summed E-state index contributed by atoms with van der Waals surface area (Å²) in [5, 5.41) is 0. The summed E-state index contributed by atoms with van der Waals surface area (Å²) >= 11 is 0. The van der Waals surface area contributed by atoms with E-state index in [1.54, 1.807) is 11.1 Å². The summed E-state index contributed by atoms with van der Waals surface area (Å²) in [5.41, 5.74) is 12.2. The average Bonchev–Trinajstić information content (AvgIpc) is 4.07. The van der Waals surface area contributed by atoms with Crippen LogP contribution < -0.4 is 5.73 Å². The summed E-state index contributed by atoms with van der Waals surface area (Å²) in [7, 11) is 0. The quantitative estimate of drug-likeness (QED) is 0.105. The fourth-order valence-electron chi connectivity index (χ4n) is 8.33. The molecule has 5 aromatic rings. The minimum Gasteiger partial charge on any atom is -0.436 e. The summed E-state index contributed by atoms with van der Waals surface area (Å²) in [4.78, 5) is 61.4. The van der Waals surface area contributed by atoms with Gasteiger partial charge in [0.05, 0.1) is 35.9 Å². The first kappa shape index (κ1) is 38.5. The molecule has 0 spiro atoms. The fourth-order valence-corrected chi connectivity index (χ4v) is 8.33. The number of amides is 3. The van der Waals surface area contributed by atoms with Gasteiger partial charge in [-0.1, -0.05) is 106 Å². The van der Waals surface area contributed by atoms with Crippen molar-refractivity contribution in [2.45, 2.75) is 83.5 Å². The lowest BCUT2D eigenvalue weighted by atomic mass is 10.0. The predicted octanol–water partition coefficient (Wildman–Crippen LogP) is 7.81. The van der Waals surface area contributed by atoms with Crippen LogP contribution in [0.15, 0.2) is 91.3 Å². The molecule has 4 atom stereocenters. The van der Waals surface area contributed by atoms with Gasteiger partial charge in [0, 0.05) is 13.1 Å². The van der Waals surface area contributed by atoms with Crippen molar-refractivity contribution in [3.63, 3.8) is 0 Å². The second kappa shape index (κ2) is 17.4. The van der Waals surface area contributed by atoms with Gasteiger partial charge in [-0.3, -0.25) is 14.5 Å². The minimum absolute atomic E-state index is 0.0950. The number of nitrogens with one attached hydrogen (secondary N) is 2. The number of hydrogen-bond acceptors (Lipinski definition) is 7. The molecule has 0 bridgehead atoms. The van der Waals surface area contributed by atoms with Crippen molar-refractivity contribution in [3.05, 3.63) is 108 Å². The van der Waals surface area contributed by atoms with Gasteiger partial charge in [0.25, 0.3) is 5.91 Å². The van der Waals surface area contributed by atoms with Crippen LogP contribution in [0, 0.1) is 0 Å². The van der Waals surface area contributed by atoms with E-state index in [0.717, 1.165) is 83.8 Å². The van der Waals surface area contributed by atoms with Gasteiger partial charge in [0.15, 0.2) is 6.10 Å². The van der Waals surface area contributed by atoms with Crippen molar-refractivity contribution in [2.75, 3.05) is 26.2 Å². The van der Waals surface area contributed by atoms with Crippen molar-refractivity contribution < 1.29 is 19.1 Å². The van der Waals surface area contributed by atoms with Crippen LogP contribution in [0.4, 0.5) is 4.79 Å². The number of H-pyrrole nitrogens is 2. The molecule has 7 rings (SSSR count). The number of ether oxygens (including phenoxy) is 1. The first-order chi connectivity index (χ1) is 27.3. The molecule has 2 saturated heterocycles. The van der Waals surface area contributed by atoms with Gasteiger partial charge < -0.3 is 30.2 Å². The molecule has 12 nitrogen and oxygen atoms in total. The molecule has 2 aliphatic heterocycles. The molecule has 292 valence electrons. The zero-order valence-electron chi connectivity index (χ0n) is 32.5. The van der Waals surface area contributed by atoms with Gasteiger partial charge in [-0.2, -0.15) is 0 Å². The van der Waals surface area contributed by atoms with Gasteiger partial charge in [-0.25, -0.2) is 14.8 Å². The SMILES string of the molecule is CCC[C@H](OC(N)=O)C(=O)N1CCC[C@H]1c1ncc(-c2ccc(-c3ccc(-c4cnc([C@@H]5CCCN5C(=O)[C@@H](c5ccccc5)N(CC)CC)[nH]4)cc3)cc2)[nH]1. The number of nitrogens with zero attached hydrogens (tertiary/aromatic N) is 5. The standard InChI is InChI=1S/C44H52N8O4/c1-4-12-38(56-44(45)55)42(53)51-25-10-15-36(51)40-46-27-34(48-40)31-21-17-29(18-22-31)30-19-23-32(24-20-30)35-28-47-41(49-35)37-16-11-26-52(37)43(54)39(50(5-2)6-3)33-13-8-7-9-14-33/h7-9,13-14,17-24,27-28,36-39H,4-6,10-12,15-16,25-26H2,1-3H3,(H2,45,55)(H,46,48)(H,47,49)/t36-,37-,38-,39+/m0/s1. The van der Waals surface area contributed by atoms with Crippen molar-refractivity contribution >= 4 is 17.9 Å². The zero-order chi connectivity index (χ0) is 39.2. The third-order valence-electron chi connectivity index (χ3n) is 11.2. The second-order valence-electron chi connectivity index (χ2n) is 14.6. The highest BCUT2D eigenvalue weighted by molar-refractivity contribution is 5.85. The molecule has 3 amide bonds. The Morgan fingerprint density at radius 3 is 1.68 bits per heavy atom. The van der Waals surface area contributed by atoms with E-state index >= 15 is 0 Å². The number of likely N-dealkylation sites (tertiary alicyclic amines) is 2. The van der Waals surface area contributed by atoms with Crippen molar-refractivity contribution in [1.29, 1.82) is 0 Å². The molecular weight excluding hydrogens is 705 g/mol. The maximum absolute atomic E-state index is 14.2. The maximum Gasteiger partial charge on any atom is 0.405 e. The normalized spacial score (nSPS) is 18.0. The molecule has 4 N–H and O–H groups in total. The van der Waals surface area contributed by atoms with Crippen LogP contribution in [0.1, 0.15) is 94.6 Å². The number of imidazole rings is 2. The number of nitrogens with two attached hydrogens (primary N) is 1. The Morgan fingerprint density at radius 1 is 0.732 bits per heavy atom. The molecule has 2 aromatic heterocycles. The molecule has 4 heterocycles. The molecule has 2 fully saturated rings. The van der Waals surface area contributed by atoms with E-state index in [9.17, 15) is 14.4 Å². The molecule has 12 heteroatoms. The summed E-state index contributed by atoms with van der Waals surface area (Å²) in [5.74, 6) is 1.43. The average molecular weight is 757 g/mol. The Balaban J connectivity index is 1.01. The number of aromatic amines is 2. The summed E-state index contributed by atoms with van der Waals surface area (Å²) in [6.45, 7) is 9.03. The van der Waals surface area contributed by atoms with E-state index in [1.165, 1.54) is 0 Å². The lowest BCUT2D eigenvalue weighted by molar-refractivity contribution is -0.141. The Labute approximate surface area is 328 Å². The predicted molar refractivity (Wildman–Crippen MR) is 216 cm³/mol. The Kier molecular flexibility index (Phi) is 11.9. The van der Waals surface area contributed by atoms with E-state index in [4.69, 9.17) is 15.5 Å². The highest BCUT2D eigenvalue weighted by Crippen LogP contribution is 2.37. The summed E-state index contributed by atoms with van der Waals surface area (Å²) in [6.07, 6.45) is 6.38. The van der Waals surface area contributed by atoms with Crippen LogP contribution in [-0.4, -0.2) is 84.8 Å². The number of carbonyl (C=O) groups excluding carboxylic acids is 3. The molecule has 0 aliphatic carbocycles. The van der Waals surface area contributed by atoms with E-state index in [0.29, 0.717) is 31.8 Å². The molecule has 3 aromatic carbocycles. The second-order valence-corrected chi connectivity index (χ2v) is 14.6. The van der Waals surface area contributed by atoms with Crippen LogP contribution in [0.2, 0.25) is 0 Å². The largest absolute Gasteiger partial charge is 0.436 e. The number of rotatable bonds is 14. The number of likely N-dealkylation sites (N-methyl/N-ethyl adjacent to an activating group) is 1. The van der Waals surface area contributed by atoms with Crippen LogP contribution >= 0.6 is 0 Å². The van der Waals surface area contributed by atoms with Crippen LogP contribution in [0.25, 0.3) is 33.6 Å². The Morgan fingerprint density at radius 2 is 1.21 bits per heavy atom. The monoisotopic (exact) mass is 756 g/mol. The van der Waals surface area contributed by atoms with Gasteiger partial charge in [-0.05, 0) is 73.0 Å². The molecular formula is C44H52N8O4. The summed E-state index contributed by atoms with van der Waals surface area (Å²) in [6, 6.07) is 26.2. The third kappa shape index (κ3) is 8.11. The van der Waals surface area contributed by atoms with Gasteiger partial charge in [0.1, 0.15) is 17.7 Å². The topological polar surface area (TPSA) is 154 Å². The summed E-state index contributed by atoms with van der Waals surface area (Å²) < 4.78 is 5.16. The highest BCUT2D eigenvalue weighted by Gasteiger charge is 2.39. The smallest absolute Gasteiger partial charge is 0.405 e.